The number of hydrogen-bond donors (Lipinski definition) is 5. The van der Waals surface area contributed by atoms with E-state index in [1.54, 1.807) is 12.1 Å². The molecule has 0 heterocycles. The van der Waals surface area contributed by atoms with Gasteiger partial charge in [0.1, 0.15) is 11.6 Å². The summed E-state index contributed by atoms with van der Waals surface area (Å²) in [5.74, 6) is -2.69. The zero-order chi connectivity index (χ0) is 23.3. The number of anilines is 1. The van der Waals surface area contributed by atoms with Crippen molar-refractivity contribution in [1.82, 2.24) is 5.32 Å². The first-order chi connectivity index (χ1) is 14.5. The van der Waals surface area contributed by atoms with E-state index in [0.29, 0.717) is 11.1 Å². The molecule has 0 radical (unpaired) electrons. The zero-order valence-electron chi connectivity index (χ0n) is 17.1. The zero-order valence-corrected chi connectivity index (χ0v) is 18.7. The van der Waals surface area contributed by atoms with Gasteiger partial charge in [-0.25, -0.2) is 4.39 Å². The van der Waals surface area contributed by atoms with E-state index in [9.17, 15) is 18.8 Å². The maximum atomic E-state index is 14.0. The van der Waals surface area contributed by atoms with E-state index in [2.05, 4.69) is 10.6 Å². The molecule has 9 nitrogen and oxygen atoms in total. The van der Waals surface area contributed by atoms with E-state index in [-0.39, 0.29) is 46.8 Å². The van der Waals surface area contributed by atoms with Crippen molar-refractivity contribution < 1.29 is 23.5 Å². The third kappa shape index (κ3) is 6.82. The Bertz CT molecular complexity index is 1060. The Morgan fingerprint density at radius 3 is 2.41 bits per heavy atom. The number of nitrogen functional groups attached to an aromatic ring is 1. The maximum absolute atomic E-state index is 14.0. The lowest BCUT2D eigenvalue weighted by Gasteiger charge is -2.17. The monoisotopic (exact) mass is 485 g/mol. The summed E-state index contributed by atoms with van der Waals surface area (Å²) in [6.45, 7) is 2.61. The van der Waals surface area contributed by atoms with Crippen LogP contribution in [0.2, 0.25) is 5.02 Å². The van der Waals surface area contributed by atoms with Crippen molar-refractivity contribution in [2.45, 2.75) is 26.5 Å². The maximum Gasteiger partial charge on any atom is 0.258 e. The van der Waals surface area contributed by atoms with Gasteiger partial charge in [0.25, 0.3) is 11.8 Å². The quantitative estimate of drug-likeness (QED) is 0.286. The first-order valence-electron chi connectivity index (χ1n) is 8.97. The van der Waals surface area contributed by atoms with Crippen molar-refractivity contribution in [3.63, 3.8) is 0 Å². The van der Waals surface area contributed by atoms with Crippen LogP contribution in [-0.4, -0.2) is 29.7 Å². The third-order valence-electron chi connectivity index (χ3n) is 4.12. The second-order valence-corrected chi connectivity index (χ2v) is 6.99. The van der Waals surface area contributed by atoms with Crippen molar-refractivity contribution in [3.05, 3.63) is 57.9 Å². The SMILES string of the molecule is CC(=O)Nc1cc(C(=O)NCc2ccc(C(=N)N)cc2OC(C)C(N)=O)cc(Cl)c1F.Cl. The summed E-state index contributed by atoms with van der Waals surface area (Å²) in [4.78, 5) is 35.1. The Kier molecular flexibility index (Phi) is 9.42. The number of carbonyl (C=O) groups is 3. The van der Waals surface area contributed by atoms with Crippen LogP contribution in [0.5, 0.6) is 5.75 Å². The summed E-state index contributed by atoms with van der Waals surface area (Å²) in [6, 6.07) is 6.86. The van der Waals surface area contributed by atoms with Crippen molar-refractivity contribution in [3.8, 4) is 5.75 Å². The molecule has 2 rings (SSSR count). The van der Waals surface area contributed by atoms with E-state index in [1.165, 1.54) is 19.9 Å². The number of amides is 3. The average molecular weight is 486 g/mol. The van der Waals surface area contributed by atoms with Gasteiger partial charge < -0.3 is 26.8 Å². The molecule has 0 fully saturated rings. The number of halogens is 3. The molecular formula is C20H22Cl2FN5O4. The number of primary amides is 1. The van der Waals surface area contributed by atoms with E-state index in [4.69, 9.17) is 33.2 Å². The fraction of sp³-hybridized carbons (Fsp3) is 0.200. The highest BCUT2D eigenvalue weighted by atomic mass is 35.5. The van der Waals surface area contributed by atoms with Crippen LogP contribution in [0.25, 0.3) is 0 Å². The van der Waals surface area contributed by atoms with Crippen molar-refractivity contribution in [2.75, 3.05) is 5.32 Å². The molecule has 1 atom stereocenters. The number of benzene rings is 2. The second-order valence-electron chi connectivity index (χ2n) is 6.58. The fourth-order valence-corrected chi connectivity index (χ4v) is 2.72. The number of nitrogens with two attached hydrogens (primary N) is 2. The van der Waals surface area contributed by atoms with Gasteiger partial charge in [-0.1, -0.05) is 23.7 Å². The molecule has 7 N–H and O–H groups in total. The highest BCUT2D eigenvalue weighted by Crippen LogP contribution is 2.26. The molecule has 12 heteroatoms. The number of amidine groups is 1. The number of ether oxygens (including phenoxy) is 1. The van der Waals surface area contributed by atoms with E-state index in [0.717, 1.165) is 12.1 Å². The first kappa shape index (κ1) is 26.7. The van der Waals surface area contributed by atoms with Crippen LogP contribution in [0, 0.1) is 11.2 Å². The van der Waals surface area contributed by atoms with Crippen LogP contribution in [0.4, 0.5) is 10.1 Å². The molecule has 2 aromatic carbocycles. The minimum absolute atomic E-state index is 0. The van der Waals surface area contributed by atoms with Gasteiger partial charge in [0.05, 0.1) is 10.7 Å². The summed E-state index contributed by atoms with van der Waals surface area (Å²) in [6.07, 6.45) is -0.965. The molecule has 0 aliphatic heterocycles. The largest absolute Gasteiger partial charge is 0.481 e. The number of hydrogen-bond acceptors (Lipinski definition) is 5. The molecule has 0 bridgehead atoms. The van der Waals surface area contributed by atoms with Gasteiger partial charge in [-0.05, 0) is 25.1 Å². The molecular weight excluding hydrogens is 464 g/mol. The molecule has 3 amide bonds. The predicted octanol–water partition coefficient (Wildman–Crippen LogP) is 2.33. The number of carbonyl (C=O) groups excluding carboxylic acids is 3. The van der Waals surface area contributed by atoms with Gasteiger partial charge in [0.15, 0.2) is 11.9 Å². The number of rotatable bonds is 8. The highest BCUT2D eigenvalue weighted by Gasteiger charge is 2.17. The summed E-state index contributed by atoms with van der Waals surface area (Å²) < 4.78 is 19.6. The van der Waals surface area contributed by atoms with Crippen LogP contribution in [0.1, 0.15) is 35.3 Å². The van der Waals surface area contributed by atoms with Gasteiger partial charge in [-0.3, -0.25) is 19.8 Å². The van der Waals surface area contributed by atoms with Crippen LogP contribution >= 0.6 is 24.0 Å². The number of nitrogens with one attached hydrogen (secondary N) is 3. The minimum Gasteiger partial charge on any atom is -0.481 e. The van der Waals surface area contributed by atoms with E-state index >= 15 is 0 Å². The van der Waals surface area contributed by atoms with Crippen LogP contribution in [0.3, 0.4) is 0 Å². The van der Waals surface area contributed by atoms with Crippen molar-refractivity contribution in [2.24, 2.45) is 11.5 Å². The van der Waals surface area contributed by atoms with Gasteiger partial charge in [-0.15, -0.1) is 12.4 Å². The summed E-state index contributed by atoms with van der Waals surface area (Å²) in [5.41, 5.74) is 11.3. The Morgan fingerprint density at radius 2 is 1.84 bits per heavy atom. The molecule has 0 aliphatic carbocycles. The average Bonchev–Trinajstić information content (AvgIpc) is 2.69. The lowest BCUT2D eigenvalue weighted by molar-refractivity contribution is -0.124. The Labute approximate surface area is 194 Å². The Balaban J connectivity index is 0.00000512. The van der Waals surface area contributed by atoms with Crippen molar-refractivity contribution in [1.29, 1.82) is 5.41 Å². The van der Waals surface area contributed by atoms with Crippen LogP contribution in [0.15, 0.2) is 30.3 Å². The molecule has 0 saturated carbocycles. The van der Waals surface area contributed by atoms with Crippen LogP contribution < -0.4 is 26.8 Å². The smallest absolute Gasteiger partial charge is 0.258 e. The molecule has 0 aliphatic rings. The van der Waals surface area contributed by atoms with Crippen molar-refractivity contribution >= 4 is 53.3 Å². The summed E-state index contributed by atoms with van der Waals surface area (Å²) in [7, 11) is 0. The molecule has 0 saturated heterocycles. The predicted molar refractivity (Wildman–Crippen MR) is 121 cm³/mol. The van der Waals surface area contributed by atoms with Gasteiger partial charge >= 0.3 is 0 Å². The molecule has 0 spiro atoms. The van der Waals surface area contributed by atoms with E-state index < -0.39 is 29.6 Å². The summed E-state index contributed by atoms with van der Waals surface area (Å²) in [5, 5.41) is 12.1. The molecule has 1 unspecified atom stereocenters. The third-order valence-corrected chi connectivity index (χ3v) is 4.40. The Hall–Kier alpha value is -3.37. The second kappa shape index (κ2) is 11.3. The lowest BCUT2D eigenvalue weighted by atomic mass is 10.1. The normalized spacial score (nSPS) is 11.0. The molecule has 172 valence electrons. The molecule has 32 heavy (non-hydrogen) atoms. The molecule has 0 aromatic heterocycles. The van der Waals surface area contributed by atoms with Gasteiger partial charge in [0.2, 0.25) is 5.91 Å². The molecule has 2 aromatic rings. The standard InChI is InChI=1S/C20H21ClFN5O4.ClH/c1-9(19(25)29)31-16-7-11(18(23)24)3-4-12(16)8-26-20(30)13-5-14(21)17(22)15(6-13)27-10(2)28;/h3-7,9H,8H2,1-2H3,(H3,23,24)(H2,25,29)(H,26,30)(H,27,28);1H. The van der Waals surface area contributed by atoms with Gasteiger partial charge in [-0.2, -0.15) is 0 Å². The first-order valence-corrected chi connectivity index (χ1v) is 9.35. The summed E-state index contributed by atoms with van der Waals surface area (Å²) >= 11 is 5.82. The van der Waals surface area contributed by atoms with Crippen LogP contribution in [-0.2, 0) is 16.1 Å². The topological polar surface area (TPSA) is 160 Å². The Morgan fingerprint density at radius 1 is 1.19 bits per heavy atom. The van der Waals surface area contributed by atoms with E-state index in [1.807, 2.05) is 0 Å². The minimum atomic E-state index is -0.965. The van der Waals surface area contributed by atoms with Gasteiger partial charge in [0, 0.05) is 30.2 Å². The highest BCUT2D eigenvalue weighted by molar-refractivity contribution is 6.31. The lowest BCUT2D eigenvalue weighted by Crippen LogP contribution is -2.31. The fourth-order valence-electron chi connectivity index (χ4n) is 2.50.